The molecule has 1 aromatic heterocycles. The Kier molecular flexibility index (Phi) is 5.89. The average molecular weight is 449 g/mol. The third-order valence-electron chi connectivity index (χ3n) is 7.14. The van der Waals surface area contributed by atoms with Crippen molar-refractivity contribution < 1.29 is 14.3 Å². The van der Waals surface area contributed by atoms with E-state index in [4.69, 9.17) is 0 Å². The van der Waals surface area contributed by atoms with Crippen LogP contribution in [-0.4, -0.2) is 58.3 Å². The summed E-state index contributed by atoms with van der Waals surface area (Å²) in [6, 6.07) is 14.6. The highest BCUT2D eigenvalue weighted by Gasteiger charge is 2.34. The van der Waals surface area contributed by atoms with Crippen molar-refractivity contribution in [3.63, 3.8) is 0 Å². The van der Waals surface area contributed by atoms with Gasteiger partial charge in [0.2, 0.25) is 5.91 Å². The van der Waals surface area contributed by atoms with Gasteiger partial charge in [-0.25, -0.2) is 9.37 Å². The topological polar surface area (TPSA) is 61.6 Å². The molecule has 1 N–H and O–H groups in total. The number of amides is 1. The molecule has 0 spiro atoms. The van der Waals surface area contributed by atoms with Crippen LogP contribution in [0.2, 0.25) is 0 Å². The van der Waals surface area contributed by atoms with Gasteiger partial charge in [0.15, 0.2) is 0 Å². The Morgan fingerprint density at radius 3 is 2.67 bits per heavy atom. The number of anilines is 1. The molecule has 3 heterocycles. The van der Waals surface area contributed by atoms with Crippen LogP contribution >= 0.6 is 0 Å². The Morgan fingerprint density at radius 1 is 1.18 bits per heavy atom. The number of aliphatic hydroxyl groups excluding tert-OH is 1. The summed E-state index contributed by atoms with van der Waals surface area (Å²) in [7, 11) is 1.84. The lowest BCUT2D eigenvalue weighted by molar-refractivity contribution is -0.131. The van der Waals surface area contributed by atoms with E-state index in [2.05, 4.69) is 21.7 Å². The van der Waals surface area contributed by atoms with Gasteiger partial charge in [0.25, 0.3) is 0 Å². The largest absolute Gasteiger partial charge is 0.393 e. The van der Waals surface area contributed by atoms with Gasteiger partial charge < -0.3 is 19.5 Å². The lowest BCUT2D eigenvalue weighted by Crippen LogP contribution is -2.45. The lowest BCUT2D eigenvalue weighted by atomic mass is 9.86. The van der Waals surface area contributed by atoms with Crippen molar-refractivity contribution >= 4 is 11.6 Å². The number of piperidine rings is 1. The molecule has 5 rings (SSSR count). The summed E-state index contributed by atoms with van der Waals surface area (Å²) in [6.45, 7) is 1.55. The molecule has 172 valence electrons. The number of likely N-dealkylation sites (tertiary alicyclic amines) is 1. The minimum Gasteiger partial charge on any atom is -0.393 e. The first-order valence-electron chi connectivity index (χ1n) is 11.5. The van der Waals surface area contributed by atoms with E-state index in [0.29, 0.717) is 19.5 Å². The molecule has 2 aliphatic heterocycles. The number of halogens is 1. The van der Waals surface area contributed by atoms with Gasteiger partial charge in [0, 0.05) is 31.4 Å². The van der Waals surface area contributed by atoms with Gasteiger partial charge in [-0.05, 0) is 55.0 Å². The number of hydrogen-bond donors (Lipinski definition) is 1. The van der Waals surface area contributed by atoms with E-state index in [0.717, 1.165) is 24.2 Å². The molecule has 3 aromatic rings. The van der Waals surface area contributed by atoms with Crippen LogP contribution in [0.25, 0.3) is 11.3 Å². The van der Waals surface area contributed by atoms with Crippen LogP contribution in [0.1, 0.15) is 30.9 Å². The minimum atomic E-state index is -0.435. The summed E-state index contributed by atoms with van der Waals surface area (Å²) < 4.78 is 15.3. The fraction of sp³-hybridized carbons (Fsp3) is 0.385. The number of hydrogen-bond acceptors (Lipinski definition) is 4. The van der Waals surface area contributed by atoms with Gasteiger partial charge in [-0.2, -0.15) is 0 Å². The number of carbonyl (C=O) groups is 1. The molecule has 2 aromatic carbocycles. The van der Waals surface area contributed by atoms with E-state index in [9.17, 15) is 14.3 Å². The Bertz CT molecular complexity index is 1120. The van der Waals surface area contributed by atoms with Crippen LogP contribution in [0.3, 0.4) is 0 Å². The zero-order valence-electron chi connectivity index (χ0n) is 18.8. The second-order valence-corrected chi connectivity index (χ2v) is 9.14. The van der Waals surface area contributed by atoms with Crippen molar-refractivity contribution in [1.29, 1.82) is 0 Å². The molecule has 0 bridgehead atoms. The Hall–Kier alpha value is -3.19. The van der Waals surface area contributed by atoms with Gasteiger partial charge in [0.1, 0.15) is 5.82 Å². The summed E-state index contributed by atoms with van der Waals surface area (Å²) in [4.78, 5) is 20.8. The van der Waals surface area contributed by atoms with Crippen molar-refractivity contribution in [1.82, 2.24) is 14.5 Å². The van der Waals surface area contributed by atoms with Crippen LogP contribution in [0.15, 0.2) is 61.1 Å². The monoisotopic (exact) mass is 448 g/mol. The first kappa shape index (κ1) is 21.6. The standard InChI is InChI=1S/C26H29FN4O2/c1-29(20-8-6-19(27)7-9-20)16-26(33)30-12-10-18(11-13-30)25(32)14-23-21-4-2-3-5-22(21)24-15-28-17-31(23)24/h2-9,15,17-18,23,25,32H,10-14,16H2,1H3. The van der Waals surface area contributed by atoms with Crippen molar-refractivity contribution in [2.45, 2.75) is 31.4 Å². The zero-order valence-corrected chi connectivity index (χ0v) is 18.8. The Balaban J connectivity index is 1.16. The lowest BCUT2D eigenvalue weighted by Gasteiger charge is -2.36. The Labute approximate surface area is 193 Å². The SMILES string of the molecule is CN(CC(=O)N1CCC(C(O)CC2c3ccccc3-c3cncn32)CC1)c1ccc(F)cc1. The predicted octanol–water partition coefficient (Wildman–Crippen LogP) is 3.72. The molecule has 2 unspecified atom stereocenters. The highest BCUT2D eigenvalue weighted by Crippen LogP contribution is 2.42. The summed E-state index contributed by atoms with van der Waals surface area (Å²) in [6.07, 6.45) is 5.53. The van der Waals surface area contributed by atoms with E-state index >= 15 is 0 Å². The first-order chi connectivity index (χ1) is 16.0. The van der Waals surface area contributed by atoms with E-state index in [1.165, 1.54) is 23.3 Å². The Morgan fingerprint density at radius 2 is 1.91 bits per heavy atom. The molecule has 2 aliphatic rings. The second kappa shape index (κ2) is 8.98. The maximum atomic E-state index is 13.1. The predicted molar refractivity (Wildman–Crippen MR) is 125 cm³/mol. The van der Waals surface area contributed by atoms with E-state index in [-0.39, 0.29) is 30.2 Å². The van der Waals surface area contributed by atoms with Crippen LogP contribution in [0.4, 0.5) is 10.1 Å². The number of rotatable bonds is 6. The number of aromatic nitrogens is 2. The molecule has 0 radical (unpaired) electrons. The van der Waals surface area contributed by atoms with Crippen LogP contribution in [0.5, 0.6) is 0 Å². The van der Waals surface area contributed by atoms with Crippen molar-refractivity contribution in [2.75, 3.05) is 31.6 Å². The van der Waals surface area contributed by atoms with E-state index < -0.39 is 6.10 Å². The summed E-state index contributed by atoms with van der Waals surface area (Å²) in [5.74, 6) is -0.0596. The third-order valence-corrected chi connectivity index (χ3v) is 7.14. The van der Waals surface area contributed by atoms with Gasteiger partial charge in [-0.15, -0.1) is 0 Å². The third kappa shape index (κ3) is 4.25. The smallest absolute Gasteiger partial charge is 0.242 e. The molecule has 1 amide bonds. The van der Waals surface area contributed by atoms with Crippen LogP contribution in [-0.2, 0) is 4.79 Å². The molecule has 33 heavy (non-hydrogen) atoms. The molecular formula is C26H29FN4O2. The number of fused-ring (bicyclic) bond motifs is 3. The molecule has 0 saturated carbocycles. The quantitative estimate of drug-likeness (QED) is 0.625. The van der Waals surface area contributed by atoms with Gasteiger partial charge in [0.05, 0.1) is 36.9 Å². The van der Waals surface area contributed by atoms with Crippen molar-refractivity contribution in [3.8, 4) is 11.3 Å². The fourth-order valence-corrected chi connectivity index (χ4v) is 5.22. The molecule has 1 saturated heterocycles. The molecule has 1 fully saturated rings. The number of likely N-dealkylation sites (N-methyl/N-ethyl adjacent to an activating group) is 1. The number of carbonyl (C=O) groups excluding carboxylic acids is 1. The van der Waals surface area contributed by atoms with Gasteiger partial charge in [-0.3, -0.25) is 4.79 Å². The number of imidazole rings is 1. The number of nitrogens with zero attached hydrogens (tertiary/aromatic N) is 4. The molecule has 7 heteroatoms. The highest BCUT2D eigenvalue weighted by atomic mass is 19.1. The van der Waals surface area contributed by atoms with Crippen molar-refractivity contribution in [2.24, 2.45) is 5.92 Å². The molecular weight excluding hydrogens is 419 g/mol. The maximum Gasteiger partial charge on any atom is 0.242 e. The van der Waals surface area contributed by atoms with Crippen molar-refractivity contribution in [3.05, 3.63) is 72.4 Å². The van der Waals surface area contributed by atoms with Crippen LogP contribution < -0.4 is 4.90 Å². The normalized spacial score (nSPS) is 18.6. The van der Waals surface area contributed by atoms with E-state index in [1.807, 2.05) is 41.5 Å². The number of benzene rings is 2. The molecule has 0 aliphatic carbocycles. The average Bonchev–Trinajstić information content (AvgIpc) is 3.42. The first-order valence-corrected chi connectivity index (χ1v) is 11.5. The zero-order chi connectivity index (χ0) is 22.9. The fourth-order valence-electron chi connectivity index (χ4n) is 5.22. The second-order valence-electron chi connectivity index (χ2n) is 9.14. The summed E-state index contributed by atoms with van der Waals surface area (Å²) in [5, 5.41) is 11.1. The molecule has 2 atom stereocenters. The van der Waals surface area contributed by atoms with Gasteiger partial charge in [-0.1, -0.05) is 24.3 Å². The minimum absolute atomic E-state index is 0.0579. The summed E-state index contributed by atoms with van der Waals surface area (Å²) >= 11 is 0. The summed E-state index contributed by atoms with van der Waals surface area (Å²) in [5.41, 5.74) is 4.35. The van der Waals surface area contributed by atoms with Crippen LogP contribution in [0, 0.1) is 11.7 Å². The highest BCUT2D eigenvalue weighted by molar-refractivity contribution is 5.81. The van der Waals surface area contributed by atoms with E-state index in [1.54, 1.807) is 12.1 Å². The van der Waals surface area contributed by atoms with Gasteiger partial charge >= 0.3 is 0 Å². The maximum absolute atomic E-state index is 13.1. The molecule has 6 nitrogen and oxygen atoms in total. The number of aliphatic hydroxyl groups is 1.